The number of hydrogen-bond donors (Lipinski definition) is 1. The molecule has 0 atom stereocenters. The summed E-state index contributed by atoms with van der Waals surface area (Å²) in [6, 6.07) is 21.5. The molecule has 0 amide bonds. The molecule has 6 nitrogen and oxygen atoms in total. The van der Waals surface area contributed by atoms with Gasteiger partial charge in [0, 0.05) is 16.0 Å². The zero-order valence-corrected chi connectivity index (χ0v) is 16.9. The summed E-state index contributed by atoms with van der Waals surface area (Å²) in [7, 11) is 0. The lowest BCUT2D eigenvalue weighted by Crippen LogP contribution is -1.92. The van der Waals surface area contributed by atoms with E-state index in [2.05, 4.69) is 16.0 Å². The number of halogens is 1. The van der Waals surface area contributed by atoms with Crippen molar-refractivity contribution in [2.75, 3.05) is 0 Å². The summed E-state index contributed by atoms with van der Waals surface area (Å²) in [5, 5.41) is 21.8. The monoisotopic (exact) mass is 432 g/mol. The summed E-state index contributed by atoms with van der Waals surface area (Å²) in [4.78, 5) is 20.1. The second-order valence-electron chi connectivity index (χ2n) is 6.31. The van der Waals surface area contributed by atoms with Crippen molar-refractivity contribution in [1.29, 1.82) is 5.26 Å². The van der Waals surface area contributed by atoms with Crippen LogP contribution >= 0.6 is 23.4 Å². The Hall–Kier alpha value is -3.60. The van der Waals surface area contributed by atoms with E-state index >= 15 is 0 Å². The average Bonchev–Trinajstić information content (AvgIpc) is 3.18. The second-order valence-corrected chi connectivity index (χ2v) is 7.86. The second kappa shape index (κ2) is 8.41. The van der Waals surface area contributed by atoms with Gasteiger partial charge in [0.05, 0.1) is 26.4 Å². The van der Waals surface area contributed by atoms with Gasteiger partial charge in [-0.15, -0.1) is 0 Å². The molecule has 0 aliphatic heterocycles. The normalized spacial score (nSPS) is 11.4. The molecular weight excluding hydrogens is 420 g/mol. The van der Waals surface area contributed by atoms with Crippen LogP contribution in [0, 0.1) is 21.4 Å². The molecule has 1 N–H and O–H groups in total. The van der Waals surface area contributed by atoms with Gasteiger partial charge in [0.2, 0.25) is 0 Å². The van der Waals surface area contributed by atoms with Gasteiger partial charge in [-0.05, 0) is 54.1 Å². The number of aromatic nitrogens is 2. The first-order chi connectivity index (χ1) is 14.5. The van der Waals surface area contributed by atoms with Gasteiger partial charge in [0.1, 0.15) is 11.9 Å². The van der Waals surface area contributed by atoms with Crippen LogP contribution in [0.4, 0.5) is 5.69 Å². The van der Waals surface area contributed by atoms with Gasteiger partial charge < -0.3 is 4.98 Å². The van der Waals surface area contributed by atoms with E-state index in [1.54, 1.807) is 42.5 Å². The smallest absolute Gasteiger partial charge is 0.283 e. The Bertz CT molecular complexity index is 1290. The lowest BCUT2D eigenvalue weighted by Gasteiger charge is -2.05. The van der Waals surface area contributed by atoms with Crippen molar-refractivity contribution in [3.05, 3.63) is 93.3 Å². The van der Waals surface area contributed by atoms with Crippen LogP contribution in [-0.4, -0.2) is 14.9 Å². The van der Waals surface area contributed by atoms with Gasteiger partial charge in [-0.25, -0.2) is 4.98 Å². The summed E-state index contributed by atoms with van der Waals surface area (Å²) in [5.41, 5.74) is 2.35. The molecule has 0 bridgehead atoms. The van der Waals surface area contributed by atoms with Gasteiger partial charge in [-0.2, -0.15) is 5.26 Å². The number of allylic oxidation sites excluding steroid dienone is 1. The third kappa shape index (κ3) is 4.20. The first kappa shape index (κ1) is 19.7. The summed E-state index contributed by atoms with van der Waals surface area (Å²) in [5.74, 6) is 0.418. The number of benzene rings is 3. The number of nitriles is 1. The third-order valence-corrected chi connectivity index (χ3v) is 5.62. The molecule has 1 aromatic heterocycles. The van der Waals surface area contributed by atoms with Crippen LogP contribution in [0.5, 0.6) is 0 Å². The number of hydrogen-bond acceptors (Lipinski definition) is 5. The fraction of sp³-hybridized carbons (Fsp3) is 0. The molecule has 0 unspecified atom stereocenters. The van der Waals surface area contributed by atoms with E-state index < -0.39 is 4.92 Å². The Morgan fingerprint density at radius 2 is 1.93 bits per heavy atom. The van der Waals surface area contributed by atoms with Crippen LogP contribution in [0.15, 0.2) is 76.5 Å². The molecule has 0 radical (unpaired) electrons. The van der Waals surface area contributed by atoms with E-state index in [4.69, 9.17) is 11.6 Å². The molecule has 146 valence electrons. The summed E-state index contributed by atoms with van der Waals surface area (Å²) in [6.45, 7) is 0. The van der Waals surface area contributed by atoms with Crippen molar-refractivity contribution < 1.29 is 4.92 Å². The molecule has 0 spiro atoms. The summed E-state index contributed by atoms with van der Waals surface area (Å²) in [6.07, 6.45) is 1.58. The predicted molar refractivity (Wildman–Crippen MR) is 118 cm³/mol. The predicted octanol–water partition coefficient (Wildman–Crippen LogP) is 6.34. The standard InChI is InChI=1S/C22H13ClN4O2S/c23-16-6-8-17(9-7-16)30-21-10-5-14(12-20(21)27(28)29)11-15(13-24)22-25-18-3-1-2-4-19(18)26-22/h1-12H,(H,25,26)/b15-11-. The molecule has 3 aromatic carbocycles. The Morgan fingerprint density at radius 1 is 1.17 bits per heavy atom. The molecule has 4 rings (SSSR count). The number of imidazole rings is 1. The van der Waals surface area contributed by atoms with Gasteiger partial charge in [0.15, 0.2) is 0 Å². The number of nitro benzene ring substituents is 1. The first-order valence-corrected chi connectivity index (χ1v) is 10.0. The first-order valence-electron chi connectivity index (χ1n) is 8.82. The lowest BCUT2D eigenvalue weighted by molar-refractivity contribution is -0.387. The number of H-pyrrole nitrogens is 1. The molecule has 0 saturated carbocycles. The number of nitrogens with zero attached hydrogens (tertiary/aromatic N) is 3. The maximum absolute atomic E-state index is 11.6. The van der Waals surface area contributed by atoms with Crippen molar-refractivity contribution in [3.63, 3.8) is 0 Å². The number of fused-ring (bicyclic) bond motifs is 1. The molecule has 0 aliphatic carbocycles. The molecule has 0 saturated heterocycles. The molecule has 0 aliphatic rings. The minimum Gasteiger partial charge on any atom is -0.337 e. The lowest BCUT2D eigenvalue weighted by atomic mass is 10.1. The largest absolute Gasteiger partial charge is 0.337 e. The van der Waals surface area contributed by atoms with Gasteiger partial charge in [-0.1, -0.05) is 41.6 Å². The zero-order valence-electron chi connectivity index (χ0n) is 15.4. The zero-order chi connectivity index (χ0) is 21.1. The van der Waals surface area contributed by atoms with Crippen LogP contribution in [0.3, 0.4) is 0 Å². The molecule has 0 fully saturated rings. The quantitative estimate of drug-likeness (QED) is 0.225. The number of aromatic amines is 1. The fourth-order valence-electron chi connectivity index (χ4n) is 2.88. The van der Waals surface area contributed by atoms with Crippen LogP contribution in [0.1, 0.15) is 11.4 Å². The van der Waals surface area contributed by atoms with Crippen molar-refractivity contribution in [1.82, 2.24) is 9.97 Å². The Kier molecular flexibility index (Phi) is 5.53. The van der Waals surface area contributed by atoms with Gasteiger partial charge >= 0.3 is 0 Å². The SMILES string of the molecule is N#C/C(=C/c1ccc(Sc2ccc(Cl)cc2)c([N+](=O)[O-])c1)c1nc2ccccc2[nH]1. The Morgan fingerprint density at radius 3 is 2.63 bits per heavy atom. The van der Waals surface area contributed by atoms with Crippen molar-refractivity contribution >= 4 is 51.7 Å². The third-order valence-electron chi connectivity index (χ3n) is 4.30. The van der Waals surface area contributed by atoms with Crippen LogP contribution in [-0.2, 0) is 0 Å². The molecule has 1 heterocycles. The minimum atomic E-state index is -0.428. The topological polar surface area (TPSA) is 95.6 Å². The molecule has 8 heteroatoms. The average molecular weight is 433 g/mol. The van der Waals surface area contributed by atoms with Crippen molar-refractivity contribution in [2.24, 2.45) is 0 Å². The fourth-order valence-corrected chi connectivity index (χ4v) is 3.91. The van der Waals surface area contributed by atoms with E-state index in [0.29, 0.717) is 26.9 Å². The highest BCUT2D eigenvalue weighted by atomic mass is 35.5. The highest BCUT2D eigenvalue weighted by Crippen LogP contribution is 2.36. The minimum absolute atomic E-state index is 0.0365. The Balaban J connectivity index is 1.69. The van der Waals surface area contributed by atoms with Gasteiger partial charge in [0.25, 0.3) is 5.69 Å². The highest BCUT2D eigenvalue weighted by Gasteiger charge is 2.16. The molecule has 30 heavy (non-hydrogen) atoms. The Labute approximate surface area is 181 Å². The maximum Gasteiger partial charge on any atom is 0.283 e. The van der Waals surface area contributed by atoms with E-state index in [-0.39, 0.29) is 5.69 Å². The van der Waals surface area contributed by atoms with Crippen LogP contribution in [0.2, 0.25) is 5.02 Å². The number of para-hydroxylation sites is 2. The number of nitrogens with one attached hydrogen (secondary N) is 1. The van der Waals surface area contributed by atoms with Gasteiger partial charge in [-0.3, -0.25) is 10.1 Å². The number of rotatable bonds is 5. The molecular formula is C22H13ClN4O2S. The van der Waals surface area contributed by atoms with Crippen LogP contribution < -0.4 is 0 Å². The summed E-state index contributed by atoms with van der Waals surface area (Å²) >= 11 is 7.18. The summed E-state index contributed by atoms with van der Waals surface area (Å²) < 4.78 is 0. The van der Waals surface area contributed by atoms with Crippen molar-refractivity contribution in [3.8, 4) is 6.07 Å². The van der Waals surface area contributed by atoms with E-state index in [9.17, 15) is 15.4 Å². The van der Waals surface area contributed by atoms with E-state index in [0.717, 1.165) is 15.9 Å². The number of nitro groups is 1. The van der Waals surface area contributed by atoms with Crippen molar-refractivity contribution in [2.45, 2.75) is 9.79 Å². The van der Waals surface area contributed by atoms with E-state index in [1.165, 1.54) is 17.8 Å². The maximum atomic E-state index is 11.6. The van der Waals surface area contributed by atoms with E-state index in [1.807, 2.05) is 24.3 Å². The molecule has 4 aromatic rings. The highest BCUT2D eigenvalue weighted by molar-refractivity contribution is 7.99. The van der Waals surface area contributed by atoms with Crippen LogP contribution in [0.25, 0.3) is 22.7 Å².